The molecule has 2 aliphatic heterocycles. The molecule has 2 aliphatic rings. The number of aryl methyl sites for hydroxylation is 1. The van der Waals surface area contributed by atoms with Crippen LogP contribution in [0.25, 0.3) is 21.7 Å². The number of anilines is 3. The molecule has 94 heavy (non-hydrogen) atoms. The number of benzene rings is 4. The zero-order valence-electron chi connectivity index (χ0n) is 51.9. The summed E-state index contributed by atoms with van der Waals surface area (Å²) in [5, 5.41) is 33.4. The van der Waals surface area contributed by atoms with Crippen LogP contribution in [-0.4, -0.2) is 192 Å². The standard InChI is InChI=1S/C64H73ClN12O17/c1-37(2)56(73-62(87)93-36-77-52(80)18-19-53(77)81)59(84)71-46(9-6-20-67-61(66)86)58(83)69-43-14-10-39(11-15-43)35-92-63(88)74(4)21-22-75(23-26-90-27-24-78)64(89)94-50-31-49-55(54-38(3)7-5-8-45(50)54)42(32-65)34-76(49)60(85)47-29-41-30-51(68-33-48(41)70-47)72-57(82)40-12-16-44(17-13-40)91-28-25-79/h5,7-8,10-19,29-31,33,37,42,46,56,70,78-79H,6,9,20-28,32,34-36H2,1-4H3,(H,69,83)(H,71,84)(H,73,87)(H3,66,67,86)(H,68,72,82)/t42-,46+,56+/m1/s1. The summed E-state index contributed by atoms with van der Waals surface area (Å²) in [6.07, 6.45) is 1.11. The number of nitrogens with one attached hydrogen (secondary N) is 6. The van der Waals surface area contributed by atoms with Crippen molar-refractivity contribution in [3.05, 3.63) is 131 Å². The normalized spacial score (nSPS) is 13.9. The molecular formula is C64H73ClN12O17. The summed E-state index contributed by atoms with van der Waals surface area (Å²) in [5.41, 5.74) is 9.22. The molecule has 0 saturated carbocycles. The summed E-state index contributed by atoms with van der Waals surface area (Å²) in [5.74, 6) is -3.41. The van der Waals surface area contributed by atoms with Gasteiger partial charge in [-0.15, -0.1) is 11.6 Å². The molecule has 0 radical (unpaired) electrons. The van der Waals surface area contributed by atoms with Gasteiger partial charge in [0.1, 0.15) is 48.3 Å². The van der Waals surface area contributed by atoms with Crippen LogP contribution >= 0.6 is 11.6 Å². The van der Waals surface area contributed by atoms with Crippen molar-refractivity contribution in [3.8, 4) is 11.5 Å². The molecule has 4 aromatic carbocycles. The number of urea groups is 1. The van der Waals surface area contributed by atoms with E-state index in [2.05, 4.69) is 36.6 Å². The van der Waals surface area contributed by atoms with Crippen molar-refractivity contribution < 1.29 is 81.8 Å². The predicted octanol–water partition coefficient (Wildman–Crippen LogP) is 5.21. The smallest absolute Gasteiger partial charge is 0.415 e. The van der Waals surface area contributed by atoms with Gasteiger partial charge in [0, 0.05) is 91.8 Å². The number of aromatic amines is 1. The number of alkyl carbamates (subject to hydrolysis) is 1. The number of rotatable bonds is 30. The van der Waals surface area contributed by atoms with E-state index in [-0.39, 0.29) is 114 Å². The average Bonchev–Trinajstić information content (AvgIpc) is 1.54. The molecule has 11 amide bonds. The van der Waals surface area contributed by atoms with Gasteiger partial charge in [0.2, 0.25) is 11.8 Å². The number of hydrogen-bond acceptors (Lipinski definition) is 18. The van der Waals surface area contributed by atoms with E-state index in [1.165, 1.54) is 23.0 Å². The predicted molar refractivity (Wildman–Crippen MR) is 343 cm³/mol. The number of likely N-dealkylation sites (N-methyl/N-ethyl adjacent to an activating group) is 1. The van der Waals surface area contributed by atoms with E-state index in [0.29, 0.717) is 49.4 Å². The first-order valence-electron chi connectivity index (χ1n) is 30.0. The van der Waals surface area contributed by atoms with Gasteiger partial charge in [0.25, 0.3) is 23.6 Å². The second-order valence-corrected chi connectivity index (χ2v) is 22.5. The van der Waals surface area contributed by atoms with Crippen LogP contribution in [0.15, 0.2) is 103 Å². The first-order valence-corrected chi connectivity index (χ1v) is 30.5. The van der Waals surface area contributed by atoms with Gasteiger partial charge in [-0.1, -0.05) is 44.2 Å². The Bertz CT molecular complexity index is 3790. The van der Waals surface area contributed by atoms with Crippen molar-refractivity contribution in [2.45, 2.75) is 58.2 Å². The lowest BCUT2D eigenvalue weighted by Crippen LogP contribution is -2.55. The lowest BCUT2D eigenvalue weighted by molar-refractivity contribution is -0.141. The zero-order chi connectivity index (χ0) is 67.6. The number of pyridine rings is 1. The quantitative estimate of drug-likeness (QED) is 0.0159. The van der Waals surface area contributed by atoms with E-state index in [4.69, 9.17) is 46.1 Å². The number of aromatic nitrogens is 2. The molecule has 3 atom stereocenters. The first-order chi connectivity index (χ1) is 45.2. The molecule has 2 aromatic heterocycles. The van der Waals surface area contributed by atoms with Gasteiger partial charge < -0.3 is 85.9 Å². The van der Waals surface area contributed by atoms with Crippen molar-refractivity contribution in [2.75, 3.05) is 101 Å². The monoisotopic (exact) mass is 1320 g/mol. The number of amides is 11. The van der Waals surface area contributed by atoms with Crippen LogP contribution in [-0.2, 0) is 40.0 Å². The number of primary amides is 1. The van der Waals surface area contributed by atoms with Gasteiger partial charge in [0.05, 0.1) is 43.8 Å². The number of nitrogens with zero attached hydrogens (tertiary/aromatic N) is 5. The van der Waals surface area contributed by atoms with Crippen LogP contribution in [0.2, 0.25) is 0 Å². The fourth-order valence-corrected chi connectivity index (χ4v) is 10.5. The SMILES string of the molecule is Cc1cccc2c(OC(=O)N(CCOCCO)CCN(C)C(=O)OCc3ccc(NC(=O)[C@H](CCCNC(N)=O)NC(=O)[C@@H](NC(=O)OCN4C(=O)C=CC4=O)C(C)C)cc3)cc3c(c12)[C@H](CCl)CN3C(=O)c1cc2cc(NC(=O)c3ccc(OCCO)cc3)ncc2[nH]1. The second-order valence-electron chi connectivity index (χ2n) is 22.2. The number of imide groups is 1. The Balaban J connectivity index is 0.893. The van der Waals surface area contributed by atoms with Gasteiger partial charge >= 0.3 is 24.3 Å². The highest BCUT2D eigenvalue weighted by Gasteiger charge is 2.37. The zero-order valence-corrected chi connectivity index (χ0v) is 52.7. The molecule has 4 heterocycles. The number of alkyl halides is 1. The Morgan fingerprint density at radius 2 is 1.57 bits per heavy atom. The number of H-pyrrole nitrogens is 1. The summed E-state index contributed by atoms with van der Waals surface area (Å²) >= 11 is 6.66. The lowest BCUT2D eigenvalue weighted by Gasteiger charge is -2.26. The Kier molecular flexibility index (Phi) is 24.2. The number of fused-ring (bicyclic) bond motifs is 4. The van der Waals surface area contributed by atoms with E-state index in [9.17, 15) is 53.1 Å². The highest BCUT2D eigenvalue weighted by atomic mass is 35.5. The molecule has 29 nitrogen and oxygen atoms in total. The molecule has 0 spiro atoms. The van der Waals surface area contributed by atoms with Crippen LogP contribution in [0.1, 0.15) is 70.1 Å². The fourth-order valence-electron chi connectivity index (χ4n) is 10.3. The number of carbonyl (C=O) groups excluding carboxylic acids is 10. The molecule has 0 saturated heterocycles. The van der Waals surface area contributed by atoms with Crippen LogP contribution in [0, 0.1) is 12.8 Å². The minimum Gasteiger partial charge on any atom is -0.491 e. The highest BCUT2D eigenvalue weighted by molar-refractivity contribution is 6.20. The molecule has 0 fully saturated rings. The first kappa shape index (κ1) is 69.5. The van der Waals surface area contributed by atoms with Gasteiger partial charge in [-0.25, -0.2) is 29.1 Å². The molecule has 0 aliphatic carbocycles. The maximum absolute atomic E-state index is 14.7. The third kappa shape index (κ3) is 18.0. The van der Waals surface area contributed by atoms with Crippen molar-refractivity contribution in [1.82, 2.24) is 40.6 Å². The lowest BCUT2D eigenvalue weighted by atomic mass is 9.92. The third-order valence-corrected chi connectivity index (χ3v) is 15.6. The van der Waals surface area contributed by atoms with Gasteiger partial charge in [-0.2, -0.15) is 0 Å². The van der Waals surface area contributed by atoms with Gasteiger partial charge in [-0.05, 0) is 96.3 Å². The van der Waals surface area contributed by atoms with E-state index in [0.717, 1.165) is 28.7 Å². The average molecular weight is 1320 g/mol. The molecule has 30 heteroatoms. The minimum atomic E-state index is -1.23. The van der Waals surface area contributed by atoms with Crippen molar-refractivity contribution in [2.24, 2.45) is 11.7 Å². The number of aliphatic hydroxyl groups excluding tert-OH is 2. The number of hydrogen-bond donors (Lipinski definition) is 9. The second kappa shape index (κ2) is 32.8. The summed E-state index contributed by atoms with van der Waals surface area (Å²) in [4.78, 5) is 143. The van der Waals surface area contributed by atoms with Crippen LogP contribution in [0.3, 0.4) is 0 Å². The highest BCUT2D eigenvalue weighted by Crippen LogP contribution is 2.47. The molecule has 0 bridgehead atoms. The van der Waals surface area contributed by atoms with Crippen LogP contribution < -0.4 is 46.7 Å². The Morgan fingerprint density at radius 3 is 2.27 bits per heavy atom. The molecule has 0 unspecified atom stereocenters. The Hall–Kier alpha value is -10.4. The summed E-state index contributed by atoms with van der Waals surface area (Å²) in [7, 11) is 1.48. The van der Waals surface area contributed by atoms with Gasteiger partial charge in [0.15, 0.2) is 6.73 Å². The number of aliphatic hydroxyl groups is 2. The fraction of sp³-hybridized carbons (Fsp3) is 0.359. The molecule has 10 N–H and O–H groups in total. The van der Waals surface area contributed by atoms with E-state index >= 15 is 0 Å². The maximum atomic E-state index is 14.7. The molecular weight excluding hydrogens is 1240 g/mol. The third-order valence-electron chi connectivity index (χ3n) is 15.2. The van der Waals surface area contributed by atoms with Crippen molar-refractivity contribution in [3.63, 3.8) is 0 Å². The Labute approximate surface area is 544 Å². The number of halogens is 1. The maximum Gasteiger partial charge on any atom is 0.415 e. The van der Waals surface area contributed by atoms with Gasteiger partial charge in [-0.3, -0.25) is 28.8 Å². The summed E-state index contributed by atoms with van der Waals surface area (Å²) in [6.45, 7) is 4.12. The van der Waals surface area contributed by atoms with E-state index in [1.807, 2.05) is 25.1 Å². The topological polar surface area (TPSA) is 385 Å². The molecule has 8 rings (SSSR count). The Morgan fingerprint density at radius 1 is 0.840 bits per heavy atom. The number of nitrogens with two attached hydrogens (primary N) is 1. The molecule has 498 valence electrons. The minimum absolute atomic E-state index is 0.000742. The van der Waals surface area contributed by atoms with Crippen molar-refractivity contribution >= 4 is 110 Å². The van der Waals surface area contributed by atoms with Crippen molar-refractivity contribution in [1.29, 1.82) is 0 Å². The summed E-state index contributed by atoms with van der Waals surface area (Å²) < 4.78 is 27.8. The van der Waals surface area contributed by atoms with E-state index < -0.39 is 84.5 Å². The van der Waals surface area contributed by atoms with Crippen LogP contribution in [0.4, 0.5) is 36.4 Å². The molecule has 6 aromatic rings. The number of ether oxygens (including phenoxy) is 5. The summed E-state index contributed by atoms with van der Waals surface area (Å²) in [6, 6.07) is 19.9. The van der Waals surface area contributed by atoms with Crippen LogP contribution in [0.5, 0.6) is 11.5 Å². The van der Waals surface area contributed by atoms with E-state index in [1.54, 1.807) is 85.5 Å². The number of carbonyl (C=O) groups is 10. The largest absolute Gasteiger partial charge is 0.491 e.